The summed E-state index contributed by atoms with van der Waals surface area (Å²) in [5, 5.41) is 10.7. The first-order chi connectivity index (χ1) is 10.5. The summed E-state index contributed by atoms with van der Waals surface area (Å²) < 4.78 is 1.68. The van der Waals surface area contributed by atoms with Crippen LogP contribution in [0.25, 0.3) is 0 Å². The first-order valence-corrected chi connectivity index (χ1v) is 6.67. The highest BCUT2D eigenvalue weighted by atomic mass is 16.2. The van der Waals surface area contributed by atoms with Gasteiger partial charge in [-0.05, 0) is 31.2 Å². The maximum atomic E-state index is 11.9. The summed E-state index contributed by atoms with van der Waals surface area (Å²) in [6.07, 6.45) is 3.36. The number of carbonyl (C=O) groups excluding carboxylic acids is 2. The van der Waals surface area contributed by atoms with Crippen molar-refractivity contribution in [3.8, 4) is 0 Å². The third kappa shape index (κ3) is 4.02. The maximum Gasteiger partial charge on any atom is 0.271 e. The molecule has 0 aliphatic rings. The molecule has 0 saturated heterocycles. The zero-order chi connectivity index (χ0) is 16.1. The van der Waals surface area contributed by atoms with E-state index in [-0.39, 0.29) is 11.8 Å². The quantitative estimate of drug-likeness (QED) is 0.661. The first-order valence-electron chi connectivity index (χ1n) is 6.67. The van der Waals surface area contributed by atoms with E-state index in [0.717, 1.165) is 11.3 Å². The molecule has 2 N–H and O–H groups in total. The highest BCUT2D eigenvalue weighted by Gasteiger charge is 2.05. The summed E-state index contributed by atoms with van der Waals surface area (Å²) in [6.45, 7) is 3.29. The van der Waals surface area contributed by atoms with Gasteiger partial charge in [0.25, 0.3) is 5.91 Å². The van der Waals surface area contributed by atoms with Gasteiger partial charge in [0.15, 0.2) is 0 Å². The van der Waals surface area contributed by atoms with Crippen LogP contribution in [0, 0.1) is 6.92 Å². The van der Waals surface area contributed by atoms with Gasteiger partial charge in [-0.25, -0.2) is 5.43 Å². The normalized spacial score (nSPS) is 10.7. The molecule has 1 heterocycles. The van der Waals surface area contributed by atoms with E-state index in [2.05, 4.69) is 20.9 Å². The molecule has 0 atom stereocenters. The molecule has 7 heteroatoms. The summed E-state index contributed by atoms with van der Waals surface area (Å²) in [4.78, 5) is 22.8. The van der Waals surface area contributed by atoms with Gasteiger partial charge in [0.1, 0.15) is 0 Å². The average molecular weight is 299 g/mol. The van der Waals surface area contributed by atoms with Crippen molar-refractivity contribution in [3.63, 3.8) is 0 Å². The van der Waals surface area contributed by atoms with E-state index >= 15 is 0 Å². The Morgan fingerprint density at radius 2 is 1.95 bits per heavy atom. The second-order valence-electron chi connectivity index (χ2n) is 4.80. The summed E-state index contributed by atoms with van der Waals surface area (Å²) in [5.41, 5.74) is 5.21. The van der Waals surface area contributed by atoms with E-state index in [1.54, 1.807) is 35.2 Å². The Morgan fingerprint density at radius 1 is 1.27 bits per heavy atom. The lowest BCUT2D eigenvalue weighted by atomic mass is 10.2. The molecule has 0 saturated carbocycles. The van der Waals surface area contributed by atoms with Crippen molar-refractivity contribution in [1.29, 1.82) is 0 Å². The Labute approximate surface area is 128 Å². The van der Waals surface area contributed by atoms with E-state index < -0.39 is 0 Å². The number of rotatable bonds is 4. The summed E-state index contributed by atoms with van der Waals surface area (Å²) in [6, 6.07) is 6.55. The molecule has 2 rings (SSSR count). The predicted molar refractivity (Wildman–Crippen MR) is 83.8 cm³/mol. The minimum Gasteiger partial charge on any atom is -0.326 e. The van der Waals surface area contributed by atoms with Crippen molar-refractivity contribution in [1.82, 2.24) is 15.2 Å². The third-order valence-corrected chi connectivity index (χ3v) is 2.89. The van der Waals surface area contributed by atoms with Crippen LogP contribution in [-0.2, 0) is 11.8 Å². The number of anilines is 1. The van der Waals surface area contributed by atoms with Crippen molar-refractivity contribution in [3.05, 3.63) is 47.3 Å². The second-order valence-corrected chi connectivity index (χ2v) is 4.80. The Balaban J connectivity index is 1.97. The van der Waals surface area contributed by atoms with Gasteiger partial charge in [-0.3, -0.25) is 14.3 Å². The van der Waals surface area contributed by atoms with Crippen molar-refractivity contribution in [2.75, 3.05) is 5.32 Å². The number of hydrazone groups is 1. The molecule has 114 valence electrons. The van der Waals surface area contributed by atoms with E-state index in [0.29, 0.717) is 11.3 Å². The molecule has 0 radical (unpaired) electrons. The number of nitrogens with one attached hydrogen (secondary N) is 2. The molecule has 0 unspecified atom stereocenters. The van der Waals surface area contributed by atoms with Crippen LogP contribution in [0.4, 0.5) is 5.69 Å². The monoisotopic (exact) mass is 299 g/mol. The van der Waals surface area contributed by atoms with E-state index in [9.17, 15) is 9.59 Å². The van der Waals surface area contributed by atoms with Crippen LogP contribution in [0.5, 0.6) is 0 Å². The number of benzene rings is 1. The van der Waals surface area contributed by atoms with Gasteiger partial charge >= 0.3 is 0 Å². The van der Waals surface area contributed by atoms with Gasteiger partial charge in [0.2, 0.25) is 5.91 Å². The Morgan fingerprint density at radius 3 is 2.50 bits per heavy atom. The summed E-state index contributed by atoms with van der Waals surface area (Å²) in [7, 11) is 1.82. The van der Waals surface area contributed by atoms with Gasteiger partial charge in [0, 0.05) is 37.0 Å². The third-order valence-electron chi connectivity index (χ3n) is 2.89. The van der Waals surface area contributed by atoms with Crippen LogP contribution in [0.3, 0.4) is 0 Å². The number of carbonyl (C=O) groups is 2. The topological polar surface area (TPSA) is 88.4 Å². The van der Waals surface area contributed by atoms with Crippen LogP contribution in [0.1, 0.15) is 28.5 Å². The number of hydrogen-bond donors (Lipinski definition) is 2. The van der Waals surface area contributed by atoms with Gasteiger partial charge in [-0.15, -0.1) is 0 Å². The van der Waals surface area contributed by atoms with E-state index in [1.807, 2.05) is 20.2 Å². The number of hydrogen-bond acceptors (Lipinski definition) is 4. The molecule has 1 aromatic heterocycles. The van der Waals surface area contributed by atoms with Gasteiger partial charge in [0.05, 0.1) is 11.9 Å². The Bertz CT molecular complexity index is 716. The number of amides is 2. The van der Waals surface area contributed by atoms with Crippen LogP contribution < -0.4 is 10.7 Å². The zero-order valence-corrected chi connectivity index (χ0v) is 12.6. The molecule has 2 amide bonds. The van der Waals surface area contributed by atoms with E-state index in [4.69, 9.17) is 0 Å². The number of aromatic nitrogens is 2. The molecule has 0 bridgehead atoms. The lowest BCUT2D eigenvalue weighted by Gasteiger charge is -2.03. The van der Waals surface area contributed by atoms with Crippen molar-refractivity contribution in [2.24, 2.45) is 12.1 Å². The van der Waals surface area contributed by atoms with Gasteiger partial charge in [-0.2, -0.15) is 10.2 Å². The summed E-state index contributed by atoms with van der Waals surface area (Å²) in [5.74, 6) is -0.485. The molecular weight excluding hydrogens is 282 g/mol. The SMILES string of the molecule is CC(=O)Nc1ccc(C(=O)N/N=C/c2cn(C)nc2C)cc1. The highest BCUT2D eigenvalue weighted by molar-refractivity contribution is 5.96. The standard InChI is InChI=1S/C15H17N5O2/c1-10-13(9-20(3)19-10)8-16-18-15(22)12-4-6-14(7-5-12)17-11(2)21/h4-9H,1-3H3,(H,17,21)(H,18,22)/b16-8+. The van der Waals surface area contributed by atoms with Crippen molar-refractivity contribution >= 4 is 23.7 Å². The van der Waals surface area contributed by atoms with Crippen LogP contribution >= 0.6 is 0 Å². The fourth-order valence-corrected chi connectivity index (χ4v) is 1.88. The number of nitrogens with zero attached hydrogens (tertiary/aromatic N) is 3. The lowest BCUT2D eigenvalue weighted by Crippen LogP contribution is -2.17. The minimum absolute atomic E-state index is 0.159. The maximum absolute atomic E-state index is 11.9. The fraction of sp³-hybridized carbons (Fsp3) is 0.200. The number of aryl methyl sites for hydroxylation is 2. The molecular formula is C15H17N5O2. The molecule has 0 aliphatic heterocycles. The first kappa shape index (κ1) is 15.4. The minimum atomic E-state index is -0.327. The van der Waals surface area contributed by atoms with Crippen molar-refractivity contribution in [2.45, 2.75) is 13.8 Å². The second kappa shape index (κ2) is 6.66. The van der Waals surface area contributed by atoms with Crippen LogP contribution in [-0.4, -0.2) is 27.8 Å². The molecule has 0 spiro atoms. The lowest BCUT2D eigenvalue weighted by molar-refractivity contribution is -0.114. The van der Waals surface area contributed by atoms with E-state index in [1.165, 1.54) is 6.92 Å². The van der Waals surface area contributed by atoms with Crippen molar-refractivity contribution < 1.29 is 9.59 Å². The molecule has 0 aliphatic carbocycles. The summed E-state index contributed by atoms with van der Waals surface area (Å²) >= 11 is 0. The van der Waals surface area contributed by atoms with Gasteiger partial charge in [-0.1, -0.05) is 0 Å². The fourth-order valence-electron chi connectivity index (χ4n) is 1.88. The Hall–Kier alpha value is -2.96. The van der Waals surface area contributed by atoms with Crippen LogP contribution in [0.15, 0.2) is 35.6 Å². The molecule has 1 aromatic carbocycles. The molecule has 0 fully saturated rings. The highest BCUT2D eigenvalue weighted by Crippen LogP contribution is 2.09. The zero-order valence-electron chi connectivity index (χ0n) is 12.6. The molecule has 2 aromatic rings. The average Bonchev–Trinajstić information content (AvgIpc) is 2.77. The Kier molecular flexibility index (Phi) is 4.67. The largest absolute Gasteiger partial charge is 0.326 e. The predicted octanol–water partition coefficient (Wildman–Crippen LogP) is 1.45. The van der Waals surface area contributed by atoms with Crippen LogP contribution in [0.2, 0.25) is 0 Å². The van der Waals surface area contributed by atoms with Gasteiger partial charge < -0.3 is 5.32 Å². The molecule has 22 heavy (non-hydrogen) atoms. The molecule has 7 nitrogen and oxygen atoms in total. The smallest absolute Gasteiger partial charge is 0.271 e.